The molecule has 1 heterocycles. The Morgan fingerprint density at radius 3 is 2.86 bits per heavy atom. The van der Waals surface area contributed by atoms with E-state index in [0.29, 0.717) is 12.2 Å². The number of rotatable bonds is 4. The maximum absolute atomic E-state index is 11.8. The summed E-state index contributed by atoms with van der Waals surface area (Å²) in [6, 6.07) is 7.76. The van der Waals surface area contributed by atoms with E-state index in [0.717, 1.165) is 37.2 Å². The van der Waals surface area contributed by atoms with Crippen LogP contribution in [0.3, 0.4) is 0 Å². The Labute approximate surface area is 130 Å². The first-order chi connectivity index (χ1) is 10.7. The first-order valence-corrected chi connectivity index (χ1v) is 7.38. The van der Waals surface area contributed by atoms with Gasteiger partial charge in [0.25, 0.3) is 0 Å². The second-order valence-corrected chi connectivity index (χ2v) is 5.18. The van der Waals surface area contributed by atoms with E-state index in [1.165, 1.54) is 6.21 Å². The summed E-state index contributed by atoms with van der Waals surface area (Å²) in [5.74, 6) is 4.98. The van der Waals surface area contributed by atoms with Gasteiger partial charge >= 0.3 is 5.97 Å². The van der Waals surface area contributed by atoms with Crippen LogP contribution < -0.4 is 10.7 Å². The Kier molecular flexibility index (Phi) is 5.37. The van der Waals surface area contributed by atoms with Crippen LogP contribution >= 0.6 is 0 Å². The van der Waals surface area contributed by atoms with E-state index in [-0.39, 0.29) is 11.9 Å². The molecule has 0 aromatic heterocycles. The van der Waals surface area contributed by atoms with Gasteiger partial charge < -0.3 is 15.5 Å². The molecule has 1 aliphatic heterocycles. The van der Waals surface area contributed by atoms with Gasteiger partial charge in [-0.3, -0.25) is 4.79 Å². The quantitative estimate of drug-likeness (QED) is 0.395. The van der Waals surface area contributed by atoms with Gasteiger partial charge in [0.05, 0.1) is 30.0 Å². The highest BCUT2D eigenvalue weighted by atomic mass is 16.5. The summed E-state index contributed by atoms with van der Waals surface area (Å²) in [7, 11) is 0. The number of hydrazone groups is 1. The van der Waals surface area contributed by atoms with Crippen LogP contribution in [0.4, 0.5) is 5.69 Å². The Bertz CT molecular complexity index is 599. The zero-order valence-electron chi connectivity index (χ0n) is 12.7. The lowest BCUT2D eigenvalue weighted by Crippen LogP contribution is -2.37. The van der Waals surface area contributed by atoms with Crippen molar-refractivity contribution in [3.63, 3.8) is 0 Å². The van der Waals surface area contributed by atoms with Crippen molar-refractivity contribution in [2.24, 2.45) is 16.9 Å². The number of nitriles is 1. The van der Waals surface area contributed by atoms with Crippen LogP contribution in [0.2, 0.25) is 0 Å². The molecule has 1 aromatic carbocycles. The fraction of sp³-hybridized carbons (Fsp3) is 0.438. The summed E-state index contributed by atoms with van der Waals surface area (Å²) in [6.07, 6.45) is 3.00. The number of hydrogen-bond acceptors (Lipinski definition) is 6. The summed E-state index contributed by atoms with van der Waals surface area (Å²) in [4.78, 5) is 13.9. The molecule has 6 nitrogen and oxygen atoms in total. The number of nitrogens with two attached hydrogens (primary N) is 1. The van der Waals surface area contributed by atoms with E-state index >= 15 is 0 Å². The molecule has 0 saturated carbocycles. The van der Waals surface area contributed by atoms with E-state index in [2.05, 4.69) is 16.1 Å². The van der Waals surface area contributed by atoms with Gasteiger partial charge in [-0.05, 0) is 37.5 Å². The highest BCUT2D eigenvalue weighted by molar-refractivity contribution is 5.82. The zero-order valence-corrected chi connectivity index (χ0v) is 12.7. The average Bonchev–Trinajstić information content (AvgIpc) is 2.55. The molecule has 0 aliphatic carbocycles. The highest BCUT2D eigenvalue weighted by Crippen LogP contribution is 2.27. The SMILES string of the molecule is CCOC(=O)C1CCN(c2ccc(C=NN)cc2C#N)CC1. The van der Waals surface area contributed by atoms with Crippen LogP contribution in [0.15, 0.2) is 23.3 Å². The molecule has 1 fully saturated rings. The molecule has 1 saturated heterocycles. The number of ether oxygens (including phenoxy) is 1. The standard InChI is InChI=1S/C16H20N4O2/c1-2-22-16(21)13-5-7-20(8-6-13)15-4-3-12(11-19-18)9-14(15)10-17/h3-4,9,11,13H,2,5-8,18H2,1H3. The van der Waals surface area contributed by atoms with Gasteiger partial charge in [-0.15, -0.1) is 0 Å². The van der Waals surface area contributed by atoms with Gasteiger partial charge in [0, 0.05) is 13.1 Å². The fourth-order valence-corrected chi connectivity index (χ4v) is 2.70. The van der Waals surface area contributed by atoms with Crippen molar-refractivity contribution >= 4 is 17.9 Å². The van der Waals surface area contributed by atoms with Crippen molar-refractivity contribution in [2.45, 2.75) is 19.8 Å². The third-order valence-corrected chi connectivity index (χ3v) is 3.82. The first-order valence-electron chi connectivity index (χ1n) is 7.38. The normalized spacial score (nSPS) is 15.7. The lowest BCUT2D eigenvalue weighted by Gasteiger charge is -2.33. The average molecular weight is 300 g/mol. The number of carbonyl (C=O) groups excluding carboxylic acids is 1. The topological polar surface area (TPSA) is 91.7 Å². The first kappa shape index (κ1) is 15.8. The lowest BCUT2D eigenvalue weighted by molar-refractivity contribution is -0.148. The molecule has 0 amide bonds. The van der Waals surface area contributed by atoms with Crippen molar-refractivity contribution in [2.75, 3.05) is 24.6 Å². The molecule has 6 heteroatoms. The summed E-state index contributed by atoms with van der Waals surface area (Å²) in [5.41, 5.74) is 2.27. The third-order valence-electron chi connectivity index (χ3n) is 3.82. The minimum absolute atomic E-state index is 0.0367. The fourth-order valence-electron chi connectivity index (χ4n) is 2.70. The Morgan fingerprint density at radius 2 is 2.27 bits per heavy atom. The van der Waals surface area contributed by atoms with Crippen molar-refractivity contribution in [1.82, 2.24) is 0 Å². The molecule has 0 radical (unpaired) electrons. The molecule has 1 aromatic rings. The number of esters is 1. The predicted molar refractivity (Wildman–Crippen MR) is 84.5 cm³/mol. The third kappa shape index (κ3) is 3.55. The molecular weight excluding hydrogens is 280 g/mol. The minimum atomic E-state index is -0.114. The number of anilines is 1. The van der Waals surface area contributed by atoms with Gasteiger partial charge in [-0.25, -0.2) is 0 Å². The van der Waals surface area contributed by atoms with Gasteiger partial charge in [-0.2, -0.15) is 10.4 Å². The molecule has 0 unspecified atom stereocenters. The van der Waals surface area contributed by atoms with E-state index in [1.807, 2.05) is 19.1 Å². The molecule has 116 valence electrons. The van der Waals surface area contributed by atoms with E-state index in [1.54, 1.807) is 6.07 Å². The van der Waals surface area contributed by atoms with Gasteiger partial charge in [0.2, 0.25) is 0 Å². The predicted octanol–water partition coefficient (Wildman–Crippen LogP) is 1.63. The summed E-state index contributed by atoms with van der Waals surface area (Å²) >= 11 is 0. The number of benzene rings is 1. The second-order valence-electron chi connectivity index (χ2n) is 5.18. The smallest absolute Gasteiger partial charge is 0.309 e. The van der Waals surface area contributed by atoms with Crippen molar-refractivity contribution in [3.8, 4) is 6.07 Å². The summed E-state index contributed by atoms with van der Waals surface area (Å²) < 4.78 is 5.07. The van der Waals surface area contributed by atoms with Gasteiger partial charge in [0.1, 0.15) is 6.07 Å². The van der Waals surface area contributed by atoms with Gasteiger partial charge in [-0.1, -0.05) is 6.07 Å². The number of piperidine rings is 1. The molecule has 0 spiro atoms. The molecule has 2 rings (SSSR count). The van der Waals surface area contributed by atoms with Crippen molar-refractivity contribution in [3.05, 3.63) is 29.3 Å². The van der Waals surface area contributed by atoms with Crippen LogP contribution in [0.1, 0.15) is 30.9 Å². The van der Waals surface area contributed by atoms with Crippen LogP contribution in [0.25, 0.3) is 0 Å². The molecule has 0 bridgehead atoms. The van der Waals surface area contributed by atoms with Crippen LogP contribution in [-0.2, 0) is 9.53 Å². The maximum atomic E-state index is 11.8. The molecular formula is C16H20N4O2. The summed E-state index contributed by atoms with van der Waals surface area (Å²) in [6.45, 7) is 3.71. The molecule has 1 aliphatic rings. The van der Waals surface area contributed by atoms with Crippen LogP contribution in [0.5, 0.6) is 0 Å². The number of hydrogen-bond donors (Lipinski definition) is 1. The van der Waals surface area contributed by atoms with Crippen LogP contribution in [0, 0.1) is 17.2 Å². The maximum Gasteiger partial charge on any atom is 0.309 e. The van der Waals surface area contributed by atoms with Gasteiger partial charge in [0.15, 0.2) is 0 Å². The summed E-state index contributed by atoms with van der Waals surface area (Å²) in [5, 5.41) is 12.8. The monoisotopic (exact) mass is 300 g/mol. The second kappa shape index (κ2) is 7.46. The van der Waals surface area contributed by atoms with E-state index in [4.69, 9.17) is 10.6 Å². The number of carbonyl (C=O) groups is 1. The highest BCUT2D eigenvalue weighted by Gasteiger charge is 2.26. The zero-order chi connectivity index (χ0) is 15.9. The minimum Gasteiger partial charge on any atom is -0.466 e. The van der Waals surface area contributed by atoms with Crippen molar-refractivity contribution in [1.29, 1.82) is 5.26 Å². The molecule has 0 atom stereocenters. The Hall–Kier alpha value is -2.55. The van der Waals surface area contributed by atoms with Crippen molar-refractivity contribution < 1.29 is 9.53 Å². The molecule has 22 heavy (non-hydrogen) atoms. The Morgan fingerprint density at radius 1 is 1.55 bits per heavy atom. The molecule has 2 N–H and O–H groups in total. The Balaban J connectivity index is 2.08. The van der Waals surface area contributed by atoms with E-state index in [9.17, 15) is 10.1 Å². The lowest BCUT2D eigenvalue weighted by atomic mass is 9.96. The van der Waals surface area contributed by atoms with Crippen LogP contribution in [-0.4, -0.2) is 31.9 Å². The number of nitrogens with zero attached hydrogens (tertiary/aromatic N) is 3. The largest absolute Gasteiger partial charge is 0.466 e. The van der Waals surface area contributed by atoms with E-state index < -0.39 is 0 Å².